The number of rotatable bonds is 2. The molecule has 1 aliphatic rings. The van der Waals surface area contributed by atoms with E-state index in [2.05, 4.69) is 36.1 Å². The molecule has 1 fully saturated rings. The Morgan fingerprint density at radius 1 is 1.09 bits per heavy atom. The standard InChI is InChI=1S/C15H16BrN5O/c16-12-4-6-17-13(11-12)19-15(22)21-9-7-20(8-10-21)14-3-1-2-5-18-14/h1-6,11H,7-10H2,(H,17,19,22). The number of amides is 2. The molecule has 1 saturated heterocycles. The van der Waals surface area contributed by atoms with Gasteiger partial charge in [-0.15, -0.1) is 0 Å². The molecule has 0 radical (unpaired) electrons. The third kappa shape index (κ3) is 3.54. The monoisotopic (exact) mass is 361 g/mol. The minimum absolute atomic E-state index is 0.119. The molecule has 7 heteroatoms. The first-order valence-electron chi connectivity index (χ1n) is 7.06. The molecule has 0 bridgehead atoms. The number of halogens is 1. The fraction of sp³-hybridized carbons (Fsp3) is 0.267. The second kappa shape index (κ2) is 6.74. The van der Waals surface area contributed by atoms with Crippen LogP contribution in [0.1, 0.15) is 0 Å². The third-order valence-corrected chi connectivity index (χ3v) is 3.99. The summed E-state index contributed by atoms with van der Waals surface area (Å²) in [6.45, 7) is 2.87. The van der Waals surface area contributed by atoms with Gasteiger partial charge < -0.3 is 9.80 Å². The van der Waals surface area contributed by atoms with E-state index in [4.69, 9.17) is 0 Å². The summed E-state index contributed by atoms with van der Waals surface area (Å²) in [7, 11) is 0. The number of urea groups is 1. The lowest BCUT2D eigenvalue weighted by atomic mass is 10.3. The van der Waals surface area contributed by atoms with Crippen LogP contribution >= 0.6 is 15.9 Å². The molecule has 0 spiro atoms. The average Bonchev–Trinajstić information content (AvgIpc) is 2.56. The molecule has 0 saturated carbocycles. The van der Waals surface area contributed by atoms with Gasteiger partial charge in [0, 0.05) is 43.0 Å². The predicted octanol–water partition coefficient (Wildman–Crippen LogP) is 2.59. The quantitative estimate of drug-likeness (QED) is 0.892. The number of aromatic nitrogens is 2. The van der Waals surface area contributed by atoms with Crippen molar-refractivity contribution in [3.63, 3.8) is 0 Å². The van der Waals surface area contributed by atoms with E-state index >= 15 is 0 Å². The summed E-state index contributed by atoms with van der Waals surface area (Å²) in [6.07, 6.45) is 3.44. The molecular weight excluding hydrogens is 346 g/mol. The van der Waals surface area contributed by atoms with E-state index in [-0.39, 0.29) is 6.03 Å². The van der Waals surface area contributed by atoms with Crippen LogP contribution in [0.3, 0.4) is 0 Å². The molecule has 1 aliphatic heterocycles. The van der Waals surface area contributed by atoms with Gasteiger partial charge in [-0.3, -0.25) is 5.32 Å². The summed E-state index contributed by atoms with van der Waals surface area (Å²) in [5, 5.41) is 2.82. The SMILES string of the molecule is O=C(Nc1cc(Br)ccn1)N1CCN(c2ccccn2)CC1. The van der Waals surface area contributed by atoms with Gasteiger partial charge in [0.1, 0.15) is 11.6 Å². The summed E-state index contributed by atoms with van der Waals surface area (Å²) < 4.78 is 0.887. The van der Waals surface area contributed by atoms with Crippen LogP contribution in [0.2, 0.25) is 0 Å². The van der Waals surface area contributed by atoms with Gasteiger partial charge in [0.15, 0.2) is 0 Å². The lowest BCUT2D eigenvalue weighted by molar-refractivity contribution is 0.208. The maximum atomic E-state index is 12.2. The molecule has 6 nitrogen and oxygen atoms in total. The average molecular weight is 362 g/mol. The molecular formula is C15H16BrN5O. The number of hydrogen-bond donors (Lipinski definition) is 1. The maximum absolute atomic E-state index is 12.2. The van der Waals surface area contributed by atoms with Gasteiger partial charge in [0.25, 0.3) is 0 Å². The number of carbonyl (C=O) groups is 1. The highest BCUT2D eigenvalue weighted by Gasteiger charge is 2.21. The van der Waals surface area contributed by atoms with Crippen molar-refractivity contribution < 1.29 is 4.79 Å². The van der Waals surface area contributed by atoms with Crippen LogP contribution in [0.4, 0.5) is 16.4 Å². The van der Waals surface area contributed by atoms with Gasteiger partial charge in [0.2, 0.25) is 0 Å². The van der Waals surface area contributed by atoms with Crippen LogP contribution < -0.4 is 10.2 Å². The first-order valence-corrected chi connectivity index (χ1v) is 7.85. The minimum Gasteiger partial charge on any atom is -0.353 e. The number of nitrogens with one attached hydrogen (secondary N) is 1. The molecule has 22 heavy (non-hydrogen) atoms. The zero-order chi connectivity index (χ0) is 15.4. The lowest BCUT2D eigenvalue weighted by Crippen LogP contribution is -2.50. The third-order valence-electron chi connectivity index (χ3n) is 3.50. The van der Waals surface area contributed by atoms with Gasteiger partial charge in [-0.1, -0.05) is 22.0 Å². The van der Waals surface area contributed by atoms with Crippen LogP contribution in [0.25, 0.3) is 0 Å². The van der Waals surface area contributed by atoms with Crippen molar-refractivity contribution in [2.75, 3.05) is 36.4 Å². The number of hydrogen-bond acceptors (Lipinski definition) is 4. The molecule has 1 N–H and O–H groups in total. The van der Waals surface area contributed by atoms with Crippen LogP contribution in [0, 0.1) is 0 Å². The zero-order valence-corrected chi connectivity index (χ0v) is 13.5. The summed E-state index contributed by atoms with van der Waals surface area (Å²) in [5.41, 5.74) is 0. The van der Waals surface area contributed by atoms with Crippen molar-refractivity contribution in [1.82, 2.24) is 14.9 Å². The number of pyridine rings is 2. The summed E-state index contributed by atoms with van der Waals surface area (Å²) in [6, 6.07) is 9.34. The Morgan fingerprint density at radius 2 is 1.91 bits per heavy atom. The molecule has 0 aromatic carbocycles. The van der Waals surface area contributed by atoms with Crippen LogP contribution in [-0.2, 0) is 0 Å². The van der Waals surface area contributed by atoms with Gasteiger partial charge in [-0.25, -0.2) is 14.8 Å². The summed E-state index contributed by atoms with van der Waals surface area (Å²) >= 11 is 3.36. The highest BCUT2D eigenvalue weighted by Crippen LogP contribution is 2.15. The second-order valence-corrected chi connectivity index (χ2v) is 5.87. The number of anilines is 2. The van der Waals surface area contributed by atoms with Gasteiger partial charge in [-0.2, -0.15) is 0 Å². The Labute approximate surface area is 137 Å². The number of carbonyl (C=O) groups excluding carboxylic acids is 1. The Morgan fingerprint density at radius 3 is 2.59 bits per heavy atom. The van der Waals surface area contributed by atoms with Crippen molar-refractivity contribution in [3.8, 4) is 0 Å². The lowest BCUT2D eigenvalue weighted by Gasteiger charge is -2.35. The van der Waals surface area contributed by atoms with Crippen molar-refractivity contribution in [3.05, 3.63) is 47.2 Å². The van der Waals surface area contributed by atoms with Gasteiger partial charge in [-0.05, 0) is 24.3 Å². The highest BCUT2D eigenvalue weighted by atomic mass is 79.9. The Balaban J connectivity index is 1.56. The van der Waals surface area contributed by atoms with Crippen LogP contribution in [0.5, 0.6) is 0 Å². The van der Waals surface area contributed by atoms with E-state index in [9.17, 15) is 4.79 Å². The zero-order valence-electron chi connectivity index (χ0n) is 11.9. The van der Waals surface area contributed by atoms with Crippen molar-refractivity contribution >= 4 is 33.6 Å². The maximum Gasteiger partial charge on any atom is 0.323 e. The highest BCUT2D eigenvalue weighted by molar-refractivity contribution is 9.10. The minimum atomic E-state index is -0.119. The largest absolute Gasteiger partial charge is 0.353 e. The van der Waals surface area contributed by atoms with E-state index in [0.717, 1.165) is 23.4 Å². The Kier molecular flexibility index (Phi) is 4.53. The van der Waals surface area contributed by atoms with E-state index in [0.29, 0.717) is 18.9 Å². The van der Waals surface area contributed by atoms with Crippen LogP contribution in [-0.4, -0.2) is 47.1 Å². The van der Waals surface area contributed by atoms with E-state index in [1.54, 1.807) is 23.4 Å². The molecule has 2 aromatic heterocycles. The van der Waals surface area contributed by atoms with Crippen molar-refractivity contribution in [2.45, 2.75) is 0 Å². The van der Waals surface area contributed by atoms with E-state index in [1.165, 1.54) is 0 Å². The number of nitrogens with zero attached hydrogens (tertiary/aromatic N) is 4. The molecule has 2 aromatic rings. The van der Waals surface area contributed by atoms with Crippen molar-refractivity contribution in [1.29, 1.82) is 0 Å². The Bertz CT molecular complexity index is 643. The van der Waals surface area contributed by atoms with Gasteiger partial charge in [0.05, 0.1) is 0 Å². The molecule has 3 heterocycles. The smallest absolute Gasteiger partial charge is 0.323 e. The first kappa shape index (κ1) is 14.8. The molecule has 0 atom stereocenters. The van der Waals surface area contributed by atoms with E-state index < -0.39 is 0 Å². The Hall–Kier alpha value is -2.15. The fourth-order valence-corrected chi connectivity index (χ4v) is 2.68. The topological polar surface area (TPSA) is 61.4 Å². The summed E-state index contributed by atoms with van der Waals surface area (Å²) in [5.74, 6) is 1.50. The number of piperazine rings is 1. The fourth-order valence-electron chi connectivity index (χ4n) is 2.34. The second-order valence-electron chi connectivity index (χ2n) is 4.95. The van der Waals surface area contributed by atoms with Crippen molar-refractivity contribution in [2.24, 2.45) is 0 Å². The van der Waals surface area contributed by atoms with Gasteiger partial charge >= 0.3 is 6.03 Å². The molecule has 3 rings (SSSR count). The van der Waals surface area contributed by atoms with Crippen LogP contribution in [0.15, 0.2) is 47.2 Å². The molecule has 114 valence electrons. The summed E-state index contributed by atoms with van der Waals surface area (Å²) in [4.78, 5) is 24.7. The molecule has 0 unspecified atom stereocenters. The molecule has 2 amide bonds. The van der Waals surface area contributed by atoms with E-state index in [1.807, 2.05) is 24.3 Å². The first-order chi connectivity index (χ1) is 10.7. The normalized spacial score (nSPS) is 14.8. The predicted molar refractivity (Wildman–Crippen MR) is 89.0 cm³/mol. The molecule has 0 aliphatic carbocycles.